The summed E-state index contributed by atoms with van der Waals surface area (Å²) in [6.45, 7) is 2.03. The zero-order valence-electron chi connectivity index (χ0n) is 13.9. The van der Waals surface area contributed by atoms with Crippen LogP contribution >= 0.6 is 0 Å². The van der Waals surface area contributed by atoms with Gasteiger partial charge in [-0.3, -0.25) is 9.59 Å². The van der Waals surface area contributed by atoms with Gasteiger partial charge in [-0.15, -0.1) is 0 Å². The summed E-state index contributed by atoms with van der Waals surface area (Å²) in [6.07, 6.45) is 2.54. The van der Waals surface area contributed by atoms with Gasteiger partial charge in [-0.2, -0.15) is 4.98 Å². The summed E-state index contributed by atoms with van der Waals surface area (Å²) in [5, 5.41) is 15.1. The fraction of sp³-hybridized carbons (Fsp3) is 0.412. The van der Waals surface area contributed by atoms with E-state index in [1.807, 2.05) is 6.92 Å². The van der Waals surface area contributed by atoms with Crippen LogP contribution in [0.25, 0.3) is 0 Å². The van der Waals surface area contributed by atoms with Gasteiger partial charge in [-0.05, 0) is 30.5 Å². The van der Waals surface area contributed by atoms with Crippen LogP contribution in [0.5, 0.6) is 0 Å². The van der Waals surface area contributed by atoms with Gasteiger partial charge in [-0.25, -0.2) is 4.39 Å². The molecule has 0 bridgehead atoms. The van der Waals surface area contributed by atoms with E-state index in [2.05, 4.69) is 15.5 Å². The predicted molar refractivity (Wildman–Crippen MR) is 87.6 cm³/mol. The molecular formula is C17H20FN3O4. The predicted octanol–water partition coefficient (Wildman–Crippen LogP) is 2.75. The monoisotopic (exact) mass is 349 g/mol. The number of rotatable bonds is 9. The van der Waals surface area contributed by atoms with Crippen LogP contribution in [0.4, 0.5) is 10.1 Å². The molecule has 0 saturated carbocycles. The number of amides is 1. The van der Waals surface area contributed by atoms with Gasteiger partial charge in [0.1, 0.15) is 5.82 Å². The quantitative estimate of drug-likeness (QED) is 0.721. The summed E-state index contributed by atoms with van der Waals surface area (Å²) in [5.41, 5.74) is 0.365. The first-order valence-electron chi connectivity index (χ1n) is 8.09. The number of nitrogens with zero attached hydrogens (tertiary/aromatic N) is 2. The molecule has 25 heavy (non-hydrogen) atoms. The van der Waals surface area contributed by atoms with Crippen LogP contribution in [0.2, 0.25) is 0 Å². The van der Waals surface area contributed by atoms with Crippen LogP contribution in [0, 0.1) is 5.82 Å². The van der Waals surface area contributed by atoms with E-state index in [-0.39, 0.29) is 17.9 Å². The Hall–Kier alpha value is -2.77. The van der Waals surface area contributed by atoms with Crippen LogP contribution < -0.4 is 5.32 Å². The van der Waals surface area contributed by atoms with Gasteiger partial charge in [-0.1, -0.05) is 18.1 Å². The third-order valence-corrected chi connectivity index (χ3v) is 3.46. The largest absolute Gasteiger partial charge is 0.481 e. The summed E-state index contributed by atoms with van der Waals surface area (Å²) in [5.74, 6) is -0.869. The lowest BCUT2D eigenvalue weighted by molar-refractivity contribution is -0.136. The van der Waals surface area contributed by atoms with E-state index in [1.54, 1.807) is 0 Å². The summed E-state index contributed by atoms with van der Waals surface area (Å²) < 4.78 is 18.8. The van der Waals surface area contributed by atoms with Crippen molar-refractivity contribution in [1.29, 1.82) is 0 Å². The SMILES string of the molecule is CCCc1noc(CCCC(=O)Nc2ccc(CC(=O)O)c(F)c2)n1. The van der Waals surface area contributed by atoms with Gasteiger partial charge in [0.2, 0.25) is 11.8 Å². The molecule has 0 spiro atoms. The van der Waals surface area contributed by atoms with Crippen LogP contribution in [0.15, 0.2) is 22.7 Å². The molecular weight excluding hydrogens is 329 g/mol. The number of carboxylic acids is 1. The number of carboxylic acid groups (broad SMARTS) is 1. The highest BCUT2D eigenvalue weighted by atomic mass is 19.1. The minimum Gasteiger partial charge on any atom is -0.481 e. The highest BCUT2D eigenvalue weighted by Crippen LogP contribution is 2.16. The first-order chi connectivity index (χ1) is 12.0. The van der Waals surface area contributed by atoms with Crippen molar-refractivity contribution in [3.8, 4) is 0 Å². The second-order valence-electron chi connectivity index (χ2n) is 5.63. The maximum absolute atomic E-state index is 13.8. The van der Waals surface area contributed by atoms with Crippen LogP contribution in [-0.2, 0) is 28.9 Å². The Balaban J connectivity index is 1.79. The minimum absolute atomic E-state index is 0.0739. The molecule has 1 aromatic heterocycles. The Morgan fingerprint density at radius 1 is 1.32 bits per heavy atom. The highest BCUT2D eigenvalue weighted by molar-refractivity contribution is 5.90. The van der Waals surface area contributed by atoms with Crippen molar-refractivity contribution < 1.29 is 23.6 Å². The molecule has 1 aromatic carbocycles. The highest BCUT2D eigenvalue weighted by Gasteiger charge is 2.10. The third-order valence-electron chi connectivity index (χ3n) is 3.46. The zero-order chi connectivity index (χ0) is 18.2. The van der Waals surface area contributed by atoms with E-state index in [0.717, 1.165) is 18.9 Å². The molecule has 0 unspecified atom stereocenters. The Bertz CT molecular complexity index is 745. The molecule has 8 heteroatoms. The van der Waals surface area contributed by atoms with Gasteiger partial charge in [0.25, 0.3) is 0 Å². The average molecular weight is 349 g/mol. The lowest BCUT2D eigenvalue weighted by Crippen LogP contribution is -2.12. The third kappa shape index (κ3) is 5.98. The van der Waals surface area contributed by atoms with Crippen molar-refractivity contribution in [2.75, 3.05) is 5.32 Å². The zero-order valence-corrected chi connectivity index (χ0v) is 13.9. The second-order valence-corrected chi connectivity index (χ2v) is 5.63. The standard InChI is InChI=1S/C17H20FN3O4/c1-2-4-14-20-16(25-21-14)6-3-5-15(22)19-12-8-7-11(9-17(23)24)13(18)10-12/h7-8,10H,2-6,9H2,1H3,(H,19,22)(H,23,24). The lowest BCUT2D eigenvalue weighted by Gasteiger charge is -2.07. The normalized spacial score (nSPS) is 10.6. The second kappa shape index (κ2) is 8.91. The van der Waals surface area contributed by atoms with Crippen LogP contribution in [0.1, 0.15) is 43.5 Å². The van der Waals surface area contributed by atoms with Crippen molar-refractivity contribution >= 4 is 17.6 Å². The average Bonchev–Trinajstić information content (AvgIpc) is 2.97. The van der Waals surface area contributed by atoms with E-state index in [1.165, 1.54) is 12.1 Å². The van der Waals surface area contributed by atoms with Gasteiger partial charge in [0.05, 0.1) is 6.42 Å². The van der Waals surface area contributed by atoms with Crippen molar-refractivity contribution in [2.24, 2.45) is 0 Å². The lowest BCUT2D eigenvalue weighted by atomic mass is 10.1. The van der Waals surface area contributed by atoms with Crippen molar-refractivity contribution in [1.82, 2.24) is 10.1 Å². The Morgan fingerprint density at radius 3 is 2.80 bits per heavy atom. The maximum Gasteiger partial charge on any atom is 0.307 e. The molecule has 0 aliphatic heterocycles. The van der Waals surface area contributed by atoms with Gasteiger partial charge < -0.3 is 14.9 Å². The number of halogens is 1. The minimum atomic E-state index is -1.11. The maximum atomic E-state index is 13.8. The Kier molecular flexibility index (Phi) is 6.62. The molecule has 0 fully saturated rings. The Labute approximate surface area is 144 Å². The van der Waals surface area contributed by atoms with Gasteiger partial charge >= 0.3 is 5.97 Å². The molecule has 2 aromatic rings. The van der Waals surface area contributed by atoms with Gasteiger partial charge in [0.15, 0.2) is 5.82 Å². The number of carbonyl (C=O) groups excluding carboxylic acids is 1. The summed E-state index contributed by atoms with van der Waals surface area (Å²) in [4.78, 5) is 26.7. The number of aliphatic carboxylic acids is 1. The van der Waals surface area contributed by atoms with E-state index in [0.29, 0.717) is 30.2 Å². The number of hydrogen-bond acceptors (Lipinski definition) is 5. The number of benzene rings is 1. The molecule has 0 aliphatic rings. The first-order valence-corrected chi connectivity index (χ1v) is 8.09. The van der Waals surface area contributed by atoms with E-state index < -0.39 is 18.2 Å². The molecule has 0 atom stereocenters. The fourth-order valence-corrected chi connectivity index (χ4v) is 2.27. The number of anilines is 1. The summed E-state index contributed by atoms with van der Waals surface area (Å²) in [6, 6.07) is 3.95. The molecule has 1 heterocycles. The smallest absolute Gasteiger partial charge is 0.307 e. The van der Waals surface area contributed by atoms with Crippen molar-refractivity contribution in [3.05, 3.63) is 41.3 Å². The summed E-state index contributed by atoms with van der Waals surface area (Å²) in [7, 11) is 0. The summed E-state index contributed by atoms with van der Waals surface area (Å²) >= 11 is 0. The molecule has 134 valence electrons. The molecule has 7 nitrogen and oxygen atoms in total. The van der Waals surface area contributed by atoms with Crippen LogP contribution in [-0.4, -0.2) is 27.1 Å². The number of hydrogen-bond donors (Lipinski definition) is 2. The van der Waals surface area contributed by atoms with E-state index in [9.17, 15) is 14.0 Å². The van der Waals surface area contributed by atoms with E-state index >= 15 is 0 Å². The van der Waals surface area contributed by atoms with Gasteiger partial charge in [0, 0.05) is 24.9 Å². The number of aryl methyl sites for hydroxylation is 2. The number of carbonyl (C=O) groups is 2. The molecule has 0 saturated heterocycles. The molecule has 2 rings (SSSR count). The first kappa shape index (κ1) is 18.6. The van der Waals surface area contributed by atoms with E-state index in [4.69, 9.17) is 9.63 Å². The molecule has 2 N–H and O–H groups in total. The number of aromatic nitrogens is 2. The fourth-order valence-electron chi connectivity index (χ4n) is 2.27. The number of nitrogens with one attached hydrogen (secondary N) is 1. The molecule has 1 amide bonds. The topological polar surface area (TPSA) is 105 Å². The molecule has 0 aliphatic carbocycles. The van der Waals surface area contributed by atoms with Crippen molar-refractivity contribution in [3.63, 3.8) is 0 Å². The Morgan fingerprint density at radius 2 is 2.12 bits per heavy atom. The van der Waals surface area contributed by atoms with Crippen molar-refractivity contribution in [2.45, 2.75) is 45.4 Å². The van der Waals surface area contributed by atoms with Crippen LogP contribution in [0.3, 0.4) is 0 Å². The molecule has 0 radical (unpaired) electrons.